The summed E-state index contributed by atoms with van der Waals surface area (Å²) in [5, 5.41) is 2.86. The van der Waals surface area contributed by atoms with Gasteiger partial charge in [0.2, 0.25) is 5.96 Å². The summed E-state index contributed by atoms with van der Waals surface area (Å²) in [6, 6.07) is 0. The molecule has 0 aliphatic rings. The predicted octanol–water partition coefficient (Wildman–Crippen LogP) is -3.17. The minimum atomic E-state index is -4.67. The Labute approximate surface area is 84.9 Å². The lowest BCUT2D eigenvalue weighted by molar-refractivity contribution is 0.378. The number of hydrazone groups is 1. The molecule has 0 spiro atoms. The predicted molar refractivity (Wildman–Crippen MR) is 48.4 cm³/mol. The van der Waals surface area contributed by atoms with Crippen LogP contribution in [0, 0.1) is 0 Å². The van der Waals surface area contributed by atoms with Crippen LogP contribution in [0.3, 0.4) is 0 Å². The highest BCUT2D eigenvalue weighted by Gasteiger charge is 1.85. The Morgan fingerprint density at radius 2 is 0.933 bits per heavy atom. The third kappa shape index (κ3) is 2280. The van der Waals surface area contributed by atoms with E-state index in [0.29, 0.717) is 0 Å². The number of hydrogen-bond acceptors (Lipinski definition) is 6. The zero-order valence-corrected chi connectivity index (χ0v) is 8.55. The third-order valence-electron chi connectivity index (χ3n) is 0.149. The Hall–Kier alpha value is -1.19. The van der Waals surface area contributed by atoms with Crippen molar-refractivity contribution in [1.82, 2.24) is 0 Å². The summed E-state index contributed by atoms with van der Waals surface area (Å²) >= 11 is 0. The van der Waals surface area contributed by atoms with Gasteiger partial charge in [-0.15, -0.1) is 5.10 Å². The van der Waals surface area contributed by atoms with Crippen molar-refractivity contribution in [2.45, 2.75) is 0 Å². The first kappa shape index (κ1) is 19.4. The lowest BCUT2D eigenvalue weighted by Crippen LogP contribution is -2.23. The van der Waals surface area contributed by atoms with Crippen molar-refractivity contribution in [3.8, 4) is 0 Å². The highest BCUT2D eigenvalue weighted by molar-refractivity contribution is 7.80. The number of nitrogens with zero attached hydrogens (tertiary/aromatic N) is 1. The molecule has 0 aromatic rings. The van der Waals surface area contributed by atoms with Gasteiger partial charge in [-0.05, 0) is 0 Å². The molecule has 0 aromatic carbocycles. The second-order valence-electron chi connectivity index (χ2n) is 1.45. The Balaban J connectivity index is -0.000000144. The molecule has 0 amide bonds. The van der Waals surface area contributed by atoms with Gasteiger partial charge in [-0.3, -0.25) is 18.2 Å². The maximum absolute atomic E-state index is 8.74. The van der Waals surface area contributed by atoms with Crippen LogP contribution >= 0.6 is 0 Å². The van der Waals surface area contributed by atoms with Crippen LogP contribution in [0.25, 0.3) is 0 Å². The van der Waals surface area contributed by atoms with Crippen molar-refractivity contribution in [3.05, 3.63) is 0 Å². The highest BCUT2D eigenvalue weighted by Crippen LogP contribution is 1.59. The summed E-state index contributed by atoms with van der Waals surface area (Å²) in [6.45, 7) is 0. The fourth-order valence-corrected chi connectivity index (χ4v) is 0. The highest BCUT2D eigenvalue weighted by atomic mass is 32.3. The first-order valence-corrected chi connectivity index (χ1v) is 5.25. The Bertz CT molecular complexity index is 315. The molecular formula is CH10N4O8S2. The smallest absolute Gasteiger partial charge is 0.369 e. The van der Waals surface area contributed by atoms with E-state index in [2.05, 4.69) is 10.9 Å². The van der Waals surface area contributed by atoms with E-state index < -0.39 is 20.8 Å². The van der Waals surface area contributed by atoms with Crippen molar-refractivity contribution in [2.75, 3.05) is 0 Å². The molecular weight excluding hydrogens is 260 g/mol. The number of rotatable bonds is 0. The van der Waals surface area contributed by atoms with E-state index in [4.69, 9.17) is 46.5 Å². The second-order valence-corrected chi connectivity index (χ2v) is 3.24. The molecule has 12 nitrogen and oxygen atoms in total. The Kier molecular flexibility index (Phi) is 10.5. The Morgan fingerprint density at radius 3 is 0.933 bits per heavy atom. The van der Waals surface area contributed by atoms with Crippen LogP contribution in [0.15, 0.2) is 5.10 Å². The average Bonchev–Trinajstić information content (AvgIpc) is 1.79. The molecule has 94 valence electrons. The van der Waals surface area contributed by atoms with Crippen molar-refractivity contribution in [1.29, 1.82) is 0 Å². The molecule has 0 rings (SSSR count). The fraction of sp³-hybridized carbons (Fsp3) is 0. The van der Waals surface area contributed by atoms with Crippen LogP contribution in [0.5, 0.6) is 0 Å². The van der Waals surface area contributed by atoms with Gasteiger partial charge in [-0.1, -0.05) is 0 Å². The molecule has 0 saturated heterocycles. The second kappa shape index (κ2) is 8.15. The standard InChI is InChI=1S/CH6N4.2H2O4S/c2-1(3)5-4;2*1-5(2,3)4/h4H2,(H4,2,3,5);2*(H2,1,2,3,4). The Morgan fingerprint density at radius 1 is 0.867 bits per heavy atom. The quantitative estimate of drug-likeness (QED) is 0.0760. The van der Waals surface area contributed by atoms with Crippen LogP contribution in [-0.4, -0.2) is 41.0 Å². The van der Waals surface area contributed by atoms with Crippen molar-refractivity contribution >= 4 is 26.8 Å². The van der Waals surface area contributed by atoms with E-state index in [1.54, 1.807) is 0 Å². The summed E-state index contributed by atoms with van der Waals surface area (Å²) in [6.07, 6.45) is 0. The normalized spacial score (nSPS) is 9.87. The number of hydrogen-bond donors (Lipinski definition) is 7. The summed E-state index contributed by atoms with van der Waals surface area (Å²) in [7, 11) is -9.33. The third-order valence-corrected chi connectivity index (χ3v) is 0.149. The average molecular weight is 270 g/mol. The van der Waals surface area contributed by atoms with Gasteiger partial charge in [0.05, 0.1) is 0 Å². The van der Waals surface area contributed by atoms with Crippen molar-refractivity contribution < 1.29 is 35.0 Å². The number of guanidine groups is 1. The SMILES string of the molecule is NN=C(N)N.O=S(=O)(O)O.O=S(=O)(O)O. The van der Waals surface area contributed by atoms with Crippen LogP contribution in [-0.2, 0) is 20.8 Å². The maximum Gasteiger partial charge on any atom is 0.394 e. The van der Waals surface area contributed by atoms with Crippen molar-refractivity contribution in [3.63, 3.8) is 0 Å². The zero-order chi connectivity index (χ0) is 13.3. The van der Waals surface area contributed by atoms with Crippen molar-refractivity contribution in [2.24, 2.45) is 22.4 Å². The van der Waals surface area contributed by atoms with E-state index in [1.807, 2.05) is 0 Å². The van der Waals surface area contributed by atoms with Gasteiger partial charge in [-0.25, -0.2) is 0 Å². The maximum atomic E-state index is 8.74. The fourth-order valence-electron chi connectivity index (χ4n) is 0. The minimum absolute atomic E-state index is 0.0926. The molecule has 15 heavy (non-hydrogen) atoms. The van der Waals surface area contributed by atoms with Gasteiger partial charge in [0.1, 0.15) is 0 Å². The van der Waals surface area contributed by atoms with Gasteiger partial charge in [0, 0.05) is 0 Å². The van der Waals surface area contributed by atoms with Gasteiger partial charge in [-0.2, -0.15) is 16.8 Å². The van der Waals surface area contributed by atoms with E-state index in [1.165, 1.54) is 0 Å². The molecule has 0 bridgehead atoms. The van der Waals surface area contributed by atoms with Crippen LogP contribution in [0.1, 0.15) is 0 Å². The lowest BCUT2D eigenvalue weighted by atomic mass is 11.1. The van der Waals surface area contributed by atoms with Gasteiger partial charge in [0.25, 0.3) is 0 Å². The molecule has 0 fully saturated rings. The zero-order valence-electron chi connectivity index (χ0n) is 6.92. The summed E-state index contributed by atoms with van der Waals surface area (Å²) in [4.78, 5) is 0. The molecule has 0 aromatic heterocycles. The number of nitrogens with two attached hydrogens (primary N) is 3. The lowest BCUT2D eigenvalue weighted by Gasteiger charge is -1.76. The van der Waals surface area contributed by atoms with Gasteiger partial charge < -0.3 is 17.3 Å². The molecule has 0 atom stereocenters. The summed E-state index contributed by atoms with van der Waals surface area (Å²) in [5.74, 6) is 4.42. The van der Waals surface area contributed by atoms with Gasteiger partial charge >= 0.3 is 20.8 Å². The molecule has 10 N–H and O–H groups in total. The minimum Gasteiger partial charge on any atom is -0.369 e. The van der Waals surface area contributed by atoms with E-state index in [9.17, 15) is 0 Å². The summed E-state index contributed by atoms with van der Waals surface area (Å²) < 4.78 is 63.2. The molecule has 0 aliphatic carbocycles. The summed E-state index contributed by atoms with van der Waals surface area (Å²) in [5.41, 5.74) is 9.39. The molecule has 0 radical (unpaired) electrons. The van der Waals surface area contributed by atoms with Crippen LogP contribution in [0.4, 0.5) is 0 Å². The molecule has 14 heteroatoms. The van der Waals surface area contributed by atoms with Crippen LogP contribution in [0.2, 0.25) is 0 Å². The monoisotopic (exact) mass is 270 g/mol. The first-order chi connectivity index (χ1) is 6.27. The molecule has 0 saturated carbocycles. The first-order valence-electron chi connectivity index (χ1n) is 2.46. The van der Waals surface area contributed by atoms with E-state index in [-0.39, 0.29) is 5.96 Å². The largest absolute Gasteiger partial charge is 0.394 e. The van der Waals surface area contributed by atoms with Gasteiger partial charge in [0.15, 0.2) is 0 Å². The van der Waals surface area contributed by atoms with E-state index in [0.717, 1.165) is 0 Å². The molecule has 0 unspecified atom stereocenters. The topological polar surface area (TPSA) is 240 Å². The molecule has 0 aliphatic heterocycles. The van der Waals surface area contributed by atoms with E-state index >= 15 is 0 Å². The van der Waals surface area contributed by atoms with Crippen LogP contribution < -0.4 is 17.3 Å². The molecule has 0 heterocycles.